The Kier molecular flexibility index (Phi) is 4.87. The fourth-order valence-corrected chi connectivity index (χ4v) is 2.78. The average molecular weight is 388 g/mol. The van der Waals surface area contributed by atoms with Crippen molar-refractivity contribution in [3.8, 4) is 5.75 Å². The van der Waals surface area contributed by atoms with E-state index in [1.54, 1.807) is 18.2 Å². The lowest BCUT2D eigenvalue weighted by Crippen LogP contribution is -2.06. The van der Waals surface area contributed by atoms with Crippen LogP contribution in [0, 0.1) is 17.5 Å². The van der Waals surface area contributed by atoms with Gasteiger partial charge in [0, 0.05) is 11.9 Å². The molecule has 0 spiro atoms. The first-order chi connectivity index (χ1) is 11.9. The van der Waals surface area contributed by atoms with Crippen molar-refractivity contribution in [2.24, 2.45) is 0 Å². The second kappa shape index (κ2) is 6.93. The predicted molar refractivity (Wildman–Crippen MR) is 89.8 cm³/mol. The average Bonchev–Trinajstić information content (AvgIpc) is 2.59. The lowest BCUT2D eigenvalue weighted by Gasteiger charge is -2.11. The second-order valence-corrected chi connectivity index (χ2v) is 5.84. The quantitative estimate of drug-likeness (QED) is 0.641. The molecule has 3 aromatic rings. The van der Waals surface area contributed by atoms with Crippen molar-refractivity contribution < 1.29 is 17.9 Å². The van der Waals surface area contributed by atoms with E-state index < -0.39 is 17.5 Å². The summed E-state index contributed by atoms with van der Waals surface area (Å²) in [4.78, 5) is 0. The molecule has 0 aliphatic rings. The Balaban J connectivity index is 1.98. The van der Waals surface area contributed by atoms with Crippen molar-refractivity contribution in [1.82, 2.24) is 10.2 Å². The summed E-state index contributed by atoms with van der Waals surface area (Å²) in [5.74, 6) is -3.91. The summed E-state index contributed by atoms with van der Waals surface area (Å²) in [7, 11) is 1.49. The van der Waals surface area contributed by atoms with Crippen molar-refractivity contribution in [2.45, 2.75) is 6.54 Å². The summed E-state index contributed by atoms with van der Waals surface area (Å²) in [5, 5.41) is 9.99. The van der Waals surface area contributed by atoms with Crippen molar-refractivity contribution in [1.29, 1.82) is 0 Å². The Morgan fingerprint density at radius 2 is 1.84 bits per heavy atom. The molecule has 0 unspecified atom stereocenters. The van der Waals surface area contributed by atoms with E-state index in [1.807, 2.05) is 0 Å². The topological polar surface area (TPSA) is 47.0 Å². The van der Waals surface area contributed by atoms with Gasteiger partial charge < -0.3 is 10.1 Å². The van der Waals surface area contributed by atoms with E-state index >= 15 is 0 Å². The number of halogens is 5. The van der Waals surface area contributed by atoms with Crippen LogP contribution in [0.15, 0.2) is 24.3 Å². The lowest BCUT2D eigenvalue weighted by atomic mass is 10.1. The standard InChI is InChI=1S/C16H10Cl2F3N3O/c1-25-11-3-2-7(4-9(11)17)6-22-16-12-8(15(18)23-24-16)5-10(19)13(20)14(12)21/h2-5H,6H2,1H3,(H,22,24). The zero-order valence-electron chi connectivity index (χ0n) is 12.7. The molecule has 0 saturated heterocycles. The van der Waals surface area contributed by atoms with Crippen LogP contribution in [-0.2, 0) is 6.54 Å². The number of nitrogens with one attached hydrogen (secondary N) is 1. The molecular formula is C16H10Cl2F3N3O. The van der Waals surface area contributed by atoms with Crippen LogP contribution in [0.4, 0.5) is 19.0 Å². The Morgan fingerprint density at radius 3 is 2.52 bits per heavy atom. The van der Waals surface area contributed by atoms with E-state index in [0.717, 1.165) is 11.6 Å². The molecule has 0 saturated carbocycles. The first kappa shape index (κ1) is 17.6. The van der Waals surface area contributed by atoms with Crippen molar-refractivity contribution >= 4 is 39.8 Å². The summed E-state index contributed by atoms with van der Waals surface area (Å²) in [5.41, 5.74) is 0.735. The van der Waals surface area contributed by atoms with E-state index in [-0.39, 0.29) is 28.3 Å². The van der Waals surface area contributed by atoms with E-state index in [0.29, 0.717) is 10.8 Å². The van der Waals surface area contributed by atoms with Crippen LogP contribution < -0.4 is 10.1 Å². The normalized spacial score (nSPS) is 11.0. The van der Waals surface area contributed by atoms with Gasteiger partial charge >= 0.3 is 0 Å². The number of aromatic nitrogens is 2. The molecule has 9 heteroatoms. The van der Waals surface area contributed by atoms with E-state index in [4.69, 9.17) is 27.9 Å². The highest BCUT2D eigenvalue weighted by Gasteiger charge is 2.20. The third-order valence-corrected chi connectivity index (χ3v) is 4.11. The van der Waals surface area contributed by atoms with Crippen molar-refractivity contribution in [3.63, 3.8) is 0 Å². The van der Waals surface area contributed by atoms with Gasteiger partial charge in [0.1, 0.15) is 5.75 Å². The number of benzene rings is 2. The van der Waals surface area contributed by atoms with Crippen LogP contribution in [0.25, 0.3) is 10.8 Å². The highest BCUT2D eigenvalue weighted by Crippen LogP contribution is 2.32. The molecule has 0 aliphatic carbocycles. The molecule has 25 heavy (non-hydrogen) atoms. The van der Waals surface area contributed by atoms with Gasteiger partial charge in [-0.15, -0.1) is 10.2 Å². The number of rotatable bonds is 4. The maximum atomic E-state index is 14.2. The molecular weight excluding hydrogens is 378 g/mol. The molecule has 3 rings (SSSR count). The molecule has 1 heterocycles. The molecule has 0 fully saturated rings. The van der Waals surface area contributed by atoms with Crippen molar-refractivity contribution in [2.75, 3.05) is 12.4 Å². The first-order valence-electron chi connectivity index (χ1n) is 6.98. The molecule has 1 aromatic heterocycles. The van der Waals surface area contributed by atoms with Crippen LogP contribution in [0.5, 0.6) is 5.75 Å². The number of nitrogens with zero attached hydrogens (tertiary/aromatic N) is 2. The number of ether oxygens (including phenoxy) is 1. The number of methoxy groups -OCH3 is 1. The highest BCUT2D eigenvalue weighted by molar-refractivity contribution is 6.34. The molecule has 0 radical (unpaired) electrons. The maximum Gasteiger partial charge on any atom is 0.195 e. The summed E-state index contributed by atoms with van der Waals surface area (Å²) in [6.45, 7) is 0.188. The molecule has 130 valence electrons. The third-order valence-electron chi connectivity index (χ3n) is 3.54. The predicted octanol–water partition coefficient (Wildman–Crippen LogP) is 4.97. The zero-order valence-corrected chi connectivity index (χ0v) is 14.2. The number of hydrogen-bond acceptors (Lipinski definition) is 4. The van der Waals surface area contributed by atoms with Crippen LogP contribution in [0.3, 0.4) is 0 Å². The van der Waals surface area contributed by atoms with Gasteiger partial charge in [-0.25, -0.2) is 13.2 Å². The zero-order chi connectivity index (χ0) is 18.1. The third kappa shape index (κ3) is 3.29. The highest BCUT2D eigenvalue weighted by atomic mass is 35.5. The van der Waals surface area contributed by atoms with E-state index in [2.05, 4.69) is 15.5 Å². The van der Waals surface area contributed by atoms with Crippen LogP contribution >= 0.6 is 23.2 Å². The van der Waals surface area contributed by atoms with Gasteiger partial charge in [-0.3, -0.25) is 0 Å². The minimum atomic E-state index is -1.60. The second-order valence-electron chi connectivity index (χ2n) is 5.07. The lowest BCUT2D eigenvalue weighted by molar-refractivity contribution is 0.415. The van der Waals surface area contributed by atoms with Crippen LogP contribution in [0.2, 0.25) is 10.2 Å². The summed E-state index contributed by atoms with van der Waals surface area (Å²) in [6, 6.07) is 5.83. The number of hydrogen-bond donors (Lipinski definition) is 1. The minimum absolute atomic E-state index is 0.0669. The Labute approximate surface area is 150 Å². The van der Waals surface area contributed by atoms with Gasteiger partial charge in [-0.1, -0.05) is 29.3 Å². The van der Waals surface area contributed by atoms with Gasteiger partial charge in [-0.2, -0.15) is 0 Å². The van der Waals surface area contributed by atoms with Crippen LogP contribution in [0.1, 0.15) is 5.56 Å². The Hall–Kier alpha value is -2.25. The smallest absolute Gasteiger partial charge is 0.195 e. The number of fused-ring (bicyclic) bond motifs is 1. The molecule has 1 N–H and O–H groups in total. The molecule has 0 aliphatic heterocycles. The Bertz CT molecular complexity index is 969. The molecule has 4 nitrogen and oxygen atoms in total. The summed E-state index contributed by atoms with van der Waals surface area (Å²) < 4.78 is 46.2. The van der Waals surface area contributed by atoms with Crippen molar-refractivity contribution in [3.05, 3.63) is 57.5 Å². The first-order valence-corrected chi connectivity index (χ1v) is 7.73. The molecule has 0 atom stereocenters. The van der Waals surface area contributed by atoms with E-state index in [1.165, 1.54) is 7.11 Å². The maximum absolute atomic E-state index is 14.2. The number of anilines is 1. The van der Waals surface area contributed by atoms with Gasteiger partial charge in [0.15, 0.2) is 28.4 Å². The SMILES string of the molecule is COc1ccc(CNc2nnc(Cl)c3cc(F)c(F)c(F)c23)cc1Cl. The summed E-state index contributed by atoms with van der Waals surface area (Å²) >= 11 is 11.8. The monoisotopic (exact) mass is 387 g/mol. The van der Waals surface area contributed by atoms with Gasteiger partial charge in [0.25, 0.3) is 0 Å². The van der Waals surface area contributed by atoms with Gasteiger partial charge in [0.2, 0.25) is 0 Å². The van der Waals surface area contributed by atoms with Gasteiger partial charge in [0.05, 0.1) is 17.5 Å². The minimum Gasteiger partial charge on any atom is -0.495 e. The summed E-state index contributed by atoms with van der Waals surface area (Å²) in [6.07, 6.45) is 0. The molecule has 2 aromatic carbocycles. The fourth-order valence-electron chi connectivity index (χ4n) is 2.32. The van der Waals surface area contributed by atoms with E-state index in [9.17, 15) is 13.2 Å². The fraction of sp³-hybridized carbons (Fsp3) is 0.125. The van der Waals surface area contributed by atoms with Gasteiger partial charge in [-0.05, 0) is 23.8 Å². The Morgan fingerprint density at radius 1 is 1.08 bits per heavy atom. The molecule has 0 amide bonds. The molecule has 0 bridgehead atoms. The van der Waals surface area contributed by atoms with Crippen LogP contribution in [-0.4, -0.2) is 17.3 Å². The largest absolute Gasteiger partial charge is 0.495 e.